The predicted octanol–water partition coefficient (Wildman–Crippen LogP) is 2.38. The lowest BCUT2D eigenvalue weighted by atomic mass is 9.98. The zero-order valence-corrected chi connectivity index (χ0v) is 15.3. The molecular formula is C18H13BrN4O3. The van der Waals surface area contributed by atoms with Crippen LogP contribution in [0.4, 0.5) is 0 Å². The fourth-order valence-electron chi connectivity index (χ4n) is 2.52. The molecule has 2 aromatic heterocycles. The average molecular weight is 413 g/mol. The molecule has 0 bridgehead atoms. The van der Waals surface area contributed by atoms with Crippen molar-refractivity contribution < 1.29 is 9.53 Å². The number of fused-ring (bicyclic) bond motifs is 1. The Morgan fingerprint density at radius 2 is 2.12 bits per heavy atom. The number of nitrogens with zero attached hydrogens (tertiary/aromatic N) is 4. The van der Waals surface area contributed by atoms with Crippen LogP contribution in [0.25, 0.3) is 10.9 Å². The summed E-state index contributed by atoms with van der Waals surface area (Å²) >= 11 is 3.23. The zero-order chi connectivity index (χ0) is 18.7. The van der Waals surface area contributed by atoms with Crippen LogP contribution in [0.5, 0.6) is 0 Å². The summed E-state index contributed by atoms with van der Waals surface area (Å²) in [4.78, 5) is 28.3. The molecule has 0 aliphatic carbocycles. The van der Waals surface area contributed by atoms with Crippen molar-refractivity contribution >= 4 is 32.8 Å². The molecule has 0 N–H and O–H groups in total. The number of methoxy groups -OCH3 is 1. The summed E-state index contributed by atoms with van der Waals surface area (Å²) in [6.07, 6.45) is 1.39. The van der Waals surface area contributed by atoms with E-state index >= 15 is 0 Å². The first-order valence-electron chi connectivity index (χ1n) is 7.62. The van der Waals surface area contributed by atoms with E-state index < -0.39 is 17.4 Å². The van der Waals surface area contributed by atoms with E-state index in [0.717, 1.165) is 15.6 Å². The normalized spacial score (nSPS) is 11.7. The summed E-state index contributed by atoms with van der Waals surface area (Å²) in [6, 6.07) is 13.4. The Morgan fingerprint density at radius 1 is 1.35 bits per heavy atom. The van der Waals surface area contributed by atoms with Crippen molar-refractivity contribution in [2.75, 3.05) is 7.11 Å². The van der Waals surface area contributed by atoms with E-state index in [1.807, 2.05) is 30.3 Å². The summed E-state index contributed by atoms with van der Waals surface area (Å²) in [7, 11) is 1.23. The lowest BCUT2D eigenvalue weighted by Gasteiger charge is -2.12. The molecule has 2 heterocycles. The SMILES string of the molecule is COC(=O)Cn1ncc(C(C#N)c2ccc3ccccc3n2)c(Br)c1=O. The number of rotatable bonds is 4. The largest absolute Gasteiger partial charge is 0.468 e. The number of para-hydroxylation sites is 1. The maximum atomic E-state index is 12.4. The van der Waals surface area contributed by atoms with Crippen LogP contribution in [0, 0.1) is 11.3 Å². The first-order chi connectivity index (χ1) is 12.5. The second-order valence-corrected chi connectivity index (χ2v) is 6.24. The molecule has 7 nitrogen and oxygen atoms in total. The standard InChI is InChI=1S/C18H13BrN4O3/c1-26-16(24)10-23-18(25)17(19)13(9-21-23)12(8-20)15-7-6-11-4-2-3-5-14(11)22-15/h2-7,9,12H,10H2,1H3. The van der Waals surface area contributed by atoms with Gasteiger partial charge in [0.05, 0.1) is 35.1 Å². The Balaban J connectivity index is 2.05. The molecule has 0 aliphatic heterocycles. The summed E-state index contributed by atoms with van der Waals surface area (Å²) in [5.74, 6) is -1.37. The van der Waals surface area contributed by atoms with Gasteiger partial charge in [-0.15, -0.1) is 0 Å². The van der Waals surface area contributed by atoms with Gasteiger partial charge < -0.3 is 4.74 Å². The number of benzene rings is 1. The third-order valence-corrected chi connectivity index (χ3v) is 4.67. The number of aromatic nitrogens is 3. The second-order valence-electron chi connectivity index (χ2n) is 5.44. The van der Waals surface area contributed by atoms with Gasteiger partial charge in [-0.2, -0.15) is 10.4 Å². The zero-order valence-electron chi connectivity index (χ0n) is 13.7. The van der Waals surface area contributed by atoms with E-state index in [9.17, 15) is 14.9 Å². The minimum atomic E-state index is -0.776. The lowest BCUT2D eigenvalue weighted by molar-refractivity contribution is -0.141. The molecule has 0 fully saturated rings. The van der Waals surface area contributed by atoms with E-state index in [1.54, 1.807) is 6.07 Å². The van der Waals surface area contributed by atoms with Crippen molar-refractivity contribution in [3.63, 3.8) is 0 Å². The molecule has 0 spiro atoms. The molecule has 3 aromatic rings. The second kappa shape index (κ2) is 7.45. The molecule has 0 radical (unpaired) electrons. The first-order valence-corrected chi connectivity index (χ1v) is 8.42. The molecule has 1 atom stereocenters. The molecule has 0 saturated heterocycles. The third-order valence-electron chi connectivity index (χ3n) is 3.87. The minimum absolute atomic E-state index is 0.165. The number of carbonyl (C=O) groups is 1. The number of ether oxygens (including phenoxy) is 1. The van der Waals surface area contributed by atoms with Gasteiger partial charge in [0.2, 0.25) is 0 Å². The Labute approximate surface area is 157 Å². The van der Waals surface area contributed by atoms with E-state index in [-0.39, 0.29) is 11.0 Å². The van der Waals surface area contributed by atoms with Crippen LogP contribution in [0.3, 0.4) is 0 Å². The van der Waals surface area contributed by atoms with Crippen molar-refractivity contribution in [3.8, 4) is 6.07 Å². The Kier molecular flexibility index (Phi) is 5.09. The van der Waals surface area contributed by atoms with Crippen molar-refractivity contribution in [1.82, 2.24) is 14.8 Å². The van der Waals surface area contributed by atoms with Crippen LogP contribution >= 0.6 is 15.9 Å². The quantitative estimate of drug-likeness (QED) is 0.610. The van der Waals surface area contributed by atoms with Gasteiger partial charge in [0, 0.05) is 10.9 Å². The highest BCUT2D eigenvalue weighted by Gasteiger charge is 2.22. The van der Waals surface area contributed by atoms with Crippen LogP contribution in [0.2, 0.25) is 0 Å². The van der Waals surface area contributed by atoms with Gasteiger partial charge >= 0.3 is 5.97 Å². The van der Waals surface area contributed by atoms with Crippen LogP contribution in [-0.4, -0.2) is 27.8 Å². The number of esters is 1. The fourth-order valence-corrected chi connectivity index (χ4v) is 3.05. The highest BCUT2D eigenvalue weighted by Crippen LogP contribution is 2.27. The first kappa shape index (κ1) is 17.8. The summed E-state index contributed by atoms with van der Waals surface area (Å²) in [5.41, 5.74) is 1.14. The maximum absolute atomic E-state index is 12.4. The molecule has 0 saturated carbocycles. The summed E-state index contributed by atoms with van der Waals surface area (Å²) in [5, 5.41) is 14.6. The van der Waals surface area contributed by atoms with Gasteiger partial charge in [0.1, 0.15) is 12.5 Å². The summed E-state index contributed by atoms with van der Waals surface area (Å²) in [6.45, 7) is -0.306. The number of hydrogen-bond donors (Lipinski definition) is 0. The van der Waals surface area contributed by atoms with Gasteiger partial charge in [0.25, 0.3) is 5.56 Å². The maximum Gasteiger partial charge on any atom is 0.327 e. The van der Waals surface area contributed by atoms with Crippen LogP contribution in [0.15, 0.2) is 51.9 Å². The number of hydrogen-bond acceptors (Lipinski definition) is 6. The smallest absolute Gasteiger partial charge is 0.327 e. The lowest BCUT2D eigenvalue weighted by Crippen LogP contribution is -2.29. The van der Waals surface area contributed by atoms with Crippen molar-refractivity contribution in [1.29, 1.82) is 5.26 Å². The van der Waals surface area contributed by atoms with E-state index in [2.05, 4.69) is 36.8 Å². The summed E-state index contributed by atoms with van der Waals surface area (Å²) < 4.78 is 5.68. The van der Waals surface area contributed by atoms with Crippen molar-refractivity contribution in [2.45, 2.75) is 12.5 Å². The van der Waals surface area contributed by atoms with Crippen LogP contribution in [-0.2, 0) is 16.1 Å². The van der Waals surface area contributed by atoms with Gasteiger partial charge in [-0.05, 0) is 28.1 Å². The number of nitriles is 1. The van der Waals surface area contributed by atoms with Crippen molar-refractivity contribution in [3.05, 3.63) is 68.7 Å². The monoisotopic (exact) mass is 412 g/mol. The van der Waals surface area contributed by atoms with E-state index in [1.165, 1.54) is 13.3 Å². The highest BCUT2D eigenvalue weighted by atomic mass is 79.9. The topological polar surface area (TPSA) is 97.9 Å². The molecule has 1 unspecified atom stereocenters. The number of pyridine rings is 1. The molecule has 0 aliphatic rings. The number of carbonyl (C=O) groups excluding carboxylic acids is 1. The highest BCUT2D eigenvalue weighted by molar-refractivity contribution is 9.10. The van der Waals surface area contributed by atoms with Crippen LogP contribution < -0.4 is 5.56 Å². The Hall–Kier alpha value is -3.05. The average Bonchev–Trinajstić information content (AvgIpc) is 2.67. The molecule has 130 valence electrons. The van der Waals surface area contributed by atoms with Gasteiger partial charge in [-0.25, -0.2) is 4.68 Å². The predicted molar refractivity (Wildman–Crippen MR) is 97.4 cm³/mol. The third kappa shape index (κ3) is 3.34. The van der Waals surface area contributed by atoms with Gasteiger partial charge in [-0.1, -0.05) is 24.3 Å². The van der Waals surface area contributed by atoms with Gasteiger partial charge in [-0.3, -0.25) is 14.6 Å². The Bertz CT molecular complexity index is 1090. The van der Waals surface area contributed by atoms with E-state index in [0.29, 0.717) is 11.3 Å². The minimum Gasteiger partial charge on any atom is -0.468 e. The van der Waals surface area contributed by atoms with Crippen LogP contribution in [0.1, 0.15) is 17.2 Å². The molecule has 0 amide bonds. The fraction of sp³-hybridized carbons (Fsp3) is 0.167. The van der Waals surface area contributed by atoms with E-state index in [4.69, 9.17) is 0 Å². The molecule has 3 rings (SSSR count). The molecule has 8 heteroatoms. The molecule has 26 heavy (non-hydrogen) atoms. The molecular weight excluding hydrogens is 400 g/mol. The Morgan fingerprint density at radius 3 is 2.85 bits per heavy atom. The van der Waals surface area contributed by atoms with Crippen molar-refractivity contribution in [2.24, 2.45) is 0 Å². The number of halogens is 1. The van der Waals surface area contributed by atoms with Gasteiger partial charge in [0.15, 0.2) is 0 Å². The molecule has 1 aromatic carbocycles.